The molecule has 2 N–H and O–H groups in total. The van der Waals surface area contributed by atoms with Gasteiger partial charge in [0.1, 0.15) is 11.6 Å². The number of alkyl halides is 3. The lowest BCUT2D eigenvalue weighted by Gasteiger charge is -2.26. The minimum Gasteiger partial charge on any atom is -0.369 e. The summed E-state index contributed by atoms with van der Waals surface area (Å²) in [5.41, 5.74) is 5.96. The van der Waals surface area contributed by atoms with Gasteiger partial charge >= 0.3 is 6.18 Å². The second-order valence-corrected chi connectivity index (χ2v) is 11.8. The normalized spacial score (nSPS) is 25.2. The van der Waals surface area contributed by atoms with Crippen molar-refractivity contribution in [1.29, 1.82) is 0 Å². The molecular weight excluding hydrogens is 509 g/mol. The van der Waals surface area contributed by atoms with Crippen molar-refractivity contribution in [3.05, 3.63) is 70.8 Å². The van der Waals surface area contributed by atoms with Gasteiger partial charge in [-0.3, -0.25) is 4.79 Å². The summed E-state index contributed by atoms with van der Waals surface area (Å²) in [6.45, 7) is 2.17. The molecule has 7 heteroatoms. The van der Waals surface area contributed by atoms with E-state index in [1.54, 1.807) is 0 Å². The molecule has 0 bridgehead atoms. The van der Waals surface area contributed by atoms with E-state index in [1.165, 1.54) is 17.7 Å². The van der Waals surface area contributed by atoms with Crippen LogP contribution < -0.4 is 5.73 Å². The molecule has 0 aromatic heterocycles. The first-order valence-corrected chi connectivity index (χ1v) is 14.5. The molecule has 0 radical (unpaired) electrons. The molecule has 1 amide bonds. The number of fused-ring (bicyclic) bond motifs is 1. The maximum atomic E-state index is 13.7. The molecule has 2 aromatic rings. The van der Waals surface area contributed by atoms with E-state index in [2.05, 4.69) is 6.92 Å². The molecule has 0 aliphatic heterocycles. The van der Waals surface area contributed by atoms with Gasteiger partial charge in [-0.15, -0.1) is 0 Å². The zero-order chi connectivity index (χ0) is 28.2. The molecule has 0 heterocycles. The standard InChI is InChI=1S/C32H40F5NO/c1-2-6-23(24-11-13-26(33)14-12-24)9-4-3-7-21-15-16-31(30(38)39)28(29(31)19-21)10-5-8-22-17-25(32(35,36)37)20-27(34)18-22/h11-14,17-18,20-21,23,28-29H,2-10,15-16,19H2,1H3,(H2,38,39). The zero-order valence-corrected chi connectivity index (χ0v) is 22.7. The fraction of sp³-hybridized carbons (Fsp3) is 0.594. The highest BCUT2D eigenvalue weighted by molar-refractivity contribution is 5.85. The molecule has 2 aromatic carbocycles. The van der Waals surface area contributed by atoms with Crippen LogP contribution in [-0.2, 0) is 17.4 Å². The van der Waals surface area contributed by atoms with Gasteiger partial charge in [-0.1, -0.05) is 44.7 Å². The third-order valence-electron chi connectivity index (χ3n) is 9.37. The van der Waals surface area contributed by atoms with Gasteiger partial charge in [-0.25, -0.2) is 8.78 Å². The van der Waals surface area contributed by atoms with E-state index in [-0.39, 0.29) is 23.6 Å². The van der Waals surface area contributed by atoms with E-state index >= 15 is 0 Å². The number of carbonyl (C=O) groups excluding carboxylic acids is 1. The van der Waals surface area contributed by atoms with Crippen LogP contribution in [0.4, 0.5) is 22.0 Å². The highest BCUT2D eigenvalue weighted by Crippen LogP contribution is 2.69. The molecule has 2 saturated carbocycles. The van der Waals surface area contributed by atoms with Crippen LogP contribution in [0.25, 0.3) is 0 Å². The number of benzene rings is 2. The topological polar surface area (TPSA) is 43.1 Å². The van der Waals surface area contributed by atoms with Crippen molar-refractivity contribution in [3.63, 3.8) is 0 Å². The lowest BCUT2D eigenvalue weighted by Crippen LogP contribution is -2.31. The summed E-state index contributed by atoms with van der Waals surface area (Å²) in [5.74, 6) is 0.0873. The second-order valence-electron chi connectivity index (χ2n) is 11.8. The van der Waals surface area contributed by atoms with E-state index in [0.717, 1.165) is 69.9 Å². The Morgan fingerprint density at radius 3 is 2.41 bits per heavy atom. The molecule has 5 atom stereocenters. The fourth-order valence-electron chi connectivity index (χ4n) is 7.35. The van der Waals surface area contributed by atoms with E-state index < -0.39 is 23.0 Å². The van der Waals surface area contributed by atoms with Crippen molar-refractivity contribution < 1.29 is 26.7 Å². The highest BCUT2D eigenvalue weighted by Gasteiger charge is 2.68. The number of hydrogen-bond donors (Lipinski definition) is 1. The molecule has 0 saturated heterocycles. The summed E-state index contributed by atoms with van der Waals surface area (Å²) in [5, 5.41) is 0. The lowest BCUT2D eigenvalue weighted by atomic mass is 9.78. The smallest absolute Gasteiger partial charge is 0.369 e. The fourth-order valence-corrected chi connectivity index (χ4v) is 7.35. The SMILES string of the molecule is CCCC(CCCCC1CCC2(C(N)=O)C(CCCc3cc(F)cc(C(F)(F)F)c3)C2C1)c1ccc(F)cc1. The Hall–Kier alpha value is -2.44. The van der Waals surface area contributed by atoms with Gasteiger partial charge in [0.05, 0.1) is 11.0 Å². The molecule has 0 spiro atoms. The summed E-state index contributed by atoms with van der Waals surface area (Å²) >= 11 is 0. The van der Waals surface area contributed by atoms with Gasteiger partial charge in [0.25, 0.3) is 0 Å². The molecule has 2 aliphatic rings. The number of carbonyl (C=O) groups is 1. The Morgan fingerprint density at radius 2 is 1.74 bits per heavy atom. The van der Waals surface area contributed by atoms with Gasteiger partial charge in [0.2, 0.25) is 5.91 Å². The molecule has 39 heavy (non-hydrogen) atoms. The first-order chi connectivity index (χ1) is 18.5. The second kappa shape index (κ2) is 12.4. The van der Waals surface area contributed by atoms with Crippen LogP contribution in [0.3, 0.4) is 0 Å². The third-order valence-corrected chi connectivity index (χ3v) is 9.37. The van der Waals surface area contributed by atoms with E-state index in [9.17, 15) is 26.7 Å². The number of halogens is 5. The van der Waals surface area contributed by atoms with E-state index in [1.807, 2.05) is 12.1 Å². The minimum atomic E-state index is -4.58. The Kier molecular flexibility index (Phi) is 9.38. The molecule has 5 unspecified atom stereocenters. The zero-order valence-electron chi connectivity index (χ0n) is 22.7. The van der Waals surface area contributed by atoms with Crippen LogP contribution in [0.2, 0.25) is 0 Å². The largest absolute Gasteiger partial charge is 0.416 e. The lowest BCUT2D eigenvalue weighted by molar-refractivity contribution is -0.137. The minimum absolute atomic E-state index is 0.169. The van der Waals surface area contributed by atoms with Gasteiger partial charge in [-0.2, -0.15) is 13.2 Å². The van der Waals surface area contributed by atoms with Gasteiger partial charge in [0, 0.05) is 0 Å². The number of nitrogens with two attached hydrogens (primary N) is 1. The summed E-state index contributed by atoms with van der Waals surface area (Å²) in [6.07, 6.45) is 6.43. The van der Waals surface area contributed by atoms with E-state index in [0.29, 0.717) is 42.7 Å². The Labute approximate surface area is 228 Å². The van der Waals surface area contributed by atoms with Crippen LogP contribution in [0, 0.1) is 34.8 Å². The van der Waals surface area contributed by atoms with Crippen LogP contribution in [-0.4, -0.2) is 5.91 Å². The first-order valence-electron chi connectivity index (χ1n) is 14.5. The van der Waals surface area contributed by atoms with Crippen LogP contribution in [0.5, 0.6) is 0 Å². The van der Waals surface area contributed by atoms with E-state index in [4.69, 9.17) is 5.73 Å². The number of unbranched alkanes of at least 4 members (excludes halogenated alkanes) is 1. The Bertz CT molecular complexity index is 1110. The number of rotatable bonds is 13. The van der Waals surface area contributed by atoms with Crippen molar-refractivity contribution in [2.75, 3.05) is 0 Å². The predicted octanol–water partition coefficient (Wildman–Crippen LogP) is 8.97. The van der Waals surface area contributed by atoms with Gasteiger partial charge in [-0.05, 0) is 116 Å². The molecule has 4 rings (SSSR count). The Balaban J connectivity index is 1.25. The monoisotopic (exact) mass is 549 g/mol. The summed E-state index contributed by atoms with van der Waals surface area (Å²) < 4.78 is 66.2. The third kappa shape index (κ3) is 7.01. The predicted molar refractivity (Wildman–Crippen MR) is 143 cm³/mol. The van der Waals surface area contributed by atoms with Crippen molar-refractivity contribution in [2.24, 2.45) is 28.9 Å². The maximum Gasteiger partial charge on any atom is 0.416 e. The average Bonchev–Trinajstić information content (AvgIpc) is 3.53. The number of hydrogen-bond acceptors (Lipinski definition) is 1. The van der Waals surface area contributed by atoms with Crippen LogP contribution >= 0.6 is 0 Å². The van der Waals surface area contributed by atoms with Crippen LogP contribution in [0.1, 0.15) is 100 Å². The summed E-state index contributed by atoms with van der Waals surface area (Å²) in [7, 11) is 0. The van der Waals surface area contributed by atoms with Gasteiger partial charge < -0.3 is 5.73 Å². The quantitative estimate of drug-likeness (QED) is 0.197. The van der Waals surface area contributed by atoms with Crippen molar-refractivity contribution >= 4 is 5.91 Å². The Morgan fingerprint density at radius 1 is 1.00 bits per heavy atom. The average molecular weight is 550 g/mol. The number of primary amides is 1. The molecular formula is C32H40F5NO. The summed E-state index contributed by atoms with van der Waals surface area (Å²) in [6, 6.07) is 9.58. The molecule has 2 fully saturated rings. The van der Waals surface area contributed by atoms with Crippen molar-refractivity contribution in [1.82, 2.24) is 0 Å². The number of amides is 1. The van der Waals surface area contributed by atoms with Crippen molar-refractivity contribution in [3.8, 4) is 0 Å². The highest BCUT2D eigenvalue weighted by atomic mass is 19.4. The van der Waals surface area contributed by atoms with Crippen LogP contribution in [0.15, 0.2) is 42.5 Å². The van der Waals surface area contributed by atoms with Gasteiger partial charge in [0.15, 0.2) is 0 Å². The van der Waals surface area contributed by atoms with Crippen molar-refractivity contribution in [2.45, 2.75) is 96.1 Å². The molecule has 2 aliphatic carbocycles. The number of aryl methyl sites for hydroxylation is 1. The first kappa shape index (κ1) is 29.5. The molecule has 214 valence electrons. The summed E-state index contributed by atoms with van der Waals surface area (Å²) in [4.78, 5) is 12.4. The maximum absolute atomic E-state index is 13.7. The molecule has 2 nitrogen and oxygen atoms in total.